The van der Waals surface area contributed by atoms with Crippen LogP contribution in [0.3, 0.4) is 0 Å². The topological polar surface area (TPSA) is 96.4 Å². The Balaban J connectivity index is 1.73. The first-order valence-corrected chi connectivity index (χ1v) is 7.58. The van der Waals surface area contributed by atoms with Gasteiger partial charge in [0.25, 0.3) is 0 Å². The Bertz CT molecular complexity index is 610. The van der Waals surface area contributed by atoms with Gasteiger partial charge in [0.05, 0.1) is 20.1 Å². The highest BCUT2D eigenvalue weighted by molar-refractivity contribution is 6.31. The fourth-order valence-corrected chi connectivity index (χ4v) is 2.40. The highest BCUT2D eigenvalue weighted by atomic mass is 16.5. The van der Waals surface area contributed by atoms with Crippen LogP contribution in [0.2, 0.25) is 0 Å². The maximum atomic E-state index is 12.1. The number of hydrogen-bond acceptors (Lipinski definition) is 5. The van der Waals surface area contributed by atoms with Crippen molar-refractivity contribution in [2.75, 3.05) is 39.9 Å². The summed E-state index contributed by atoms with van der Waals surface area (Å²) in [6, 6.07) is 7.12. The number of aliphatic carboxylic acids is 1. The third-order valence-corrected chi connectivity index (χ3v) is 3.73. The lowest BCUT2D eigenvalue weighted by Gasteiger charge is -2.33. The minimum absolute atomic E-state index is 0.0830. The summed E-state index contributed by atoms with van der Waals surface area (Å²) in [5.74, 6) is -1.18. The molecule has 8 nitrogen and oxygen atoms in total. The molecule has 2 amide bonds. The molecule has 0 unspecified atom stereocenters. The molecule has 130 valence electrons. The van der Waals surface area contributed by atoms with Gasteiger partial charge in [0.2, 0.25) is 5.91 Å². The lowest BCUT2D eigenvalue weighted by atomic mass is 10.2. The Labute approximate surface area is 139 Å². The number of rotatable bonds is 5. The Morgan fingerprint density at radius 1 is 1.08 bits per heavy atom. The number of piperazine rings is 1. The van der Waals surface area contributed by atoms with Gasteiger partial charge in [-0.3, -0.25) is 9.59 Å². The molecule has 0 bridgehead atoms. The molecule has 1 aliphatic rings. The first-order chi connectivity index (χ1) is 11.5. The molecule has 1 aromatic rings. The van der Waals surface area contributed by atoms with Crippen LogP contribution >= 0.6 is 0 Å². The van der Waals surface area contributed by atoms with Crippen molar-refractivity contribution in [2.45, 2.75) is 6.42 Å². The van der Waals surface area contributed by atoms with Crippen LogP contribution in [0.15, 0.2) is 24.3 Å². The molecule has 0 aliphatic carbocycles. The van der Waals surface area contributed by atoms with Crippen LogP contribution in [0, 0.1) is 0 Å². The van der Waals surface area contributed by atoms with Crippen LogP contribution in [-0.2, 0) is 14.4 Å². The van der Waals surface area contributed by atoms with Crippen LogP contribution in [0.5, 0.6) is 11.5 Å². The number of carboxylic acids is 1. The number of amides is 2. The van der Waals surface area contributed by atoms with Gasteiger partial charge in [0.1, 0.15) is 11.5 Å². The third-order valence-electron chi connectivity index (χ3n) is 3.73. The van der Waals surface area contributed by atoms with Crippen LogP contribution in [0.4, 0.5) is 0 Å². The Morgan fingerprint density at radius 2 is 1.71 bits per heavy atom. The first kappa shape index (κ1) is 17.6. The zero-order chi connectivity index (χ0) is 17.5. The molecule has 0 radical (unpaired) electrons. The summed E-state index contributed by atoms with van der Waals surface area (Å²) < 4.78 is 10.6. The molecular weight excluding hydrogens is 316 g/mol. The number of hydrogen-bond donors (Lipinski definition) is 1. The molecular formula is C16H20N2O6. The normalized spacial score (nSPS) is 14.2. The number of carbonyl (C=O) groups excluding carboxylic acids is 2. The first-order valence-electron chi connectivity index (χ1n) is 7.58. The van der Waals surface area contributed by atoms with E-state index in [2.05, 4.69) is 0 Å². The molecule has 2 rings (SSSR count). The number of carbonyl (C=O) groups is 3. The second kappa shape index (κ2) is 8.19. The number of ether oxygens (including phenoxy) is 2. The molecule has 0 atom stereocenters. The largest absolute Gasteiger partial charge is 0.497 e. The van der Waals surface area contributed by atoms with E-state index in [4.69, 9.17) is 14.6 Å². The van der Waals surface area contributed by atoms with Crippen molar-refractivity contribution < 1.29 is 29.0 Å². The summed E-state index contributed by atoms with van der Waals surface area (Å²) in [7, 11) is 1.57. The molecule has 0 spiro atoms. The summed E-state index contributed by atoms with van der Waals surface area (Å²) in [5.41, 5.74) is 0. The lowest BCUT2D eigenvalue weighted by Crippen LogP contribution is -2.52. The molecule has 0 saturated carbocycles. The van der Waals surface area contributed by atoms with Crippen molar-refractivity contribution in [1.82, 2.24) is 9.80 Å². The quantitative estimate of drug-likeness (QED) is 0.773. The van der Waals surface area contributed by atoms with Gasteiger partial charge in [-0.1, -0.05) is 6.07 Å². The summed E-state index contributed by atoms with van der Waals surface area (Å²) in [4.78, 5) is 37.0. The molecule has 1 fully saturated rings. The van der Waals surface area contributed by atoms with E-state index >= 15 is 0 Å². The van der Waals surface area contributed by atoms with Gasteiger partial charge in [-0.25, -0.2) is 4.79 Å². The van der Waals surface area contributed by atoms with Crippen LogP contribution in [0.1, 0.15) is 6.42 Å². The van der Waals surface area contributed by atoms with Gasteiger partial charge < -0.3 is 24.4 Å². The van der Waals surface area contributed by atoms with E-state index in [0.717, 1.165) is 0 Å². The molecule has 1 heterocycles. The van der Waals surface area contributed by atoms with E-state index < -0.39 is 11.9 Å². The number of benzene rings is 1. The summed E-state index contributed by atoms with van der Waals surface area (Å²) >= 11 is 0. The van der Waals surface area contributed by atoms with E-state index in [1.165, 1.54) is 4.90 Å². The standard InChI is InChI=1S/C16H20N2O6/c1-23-12-3-2-4-13(11-12)24-10-5-14(19)17-6-8-18(9-7-17)15(20)16(21)22/h2-4,11H,5-10H2,1H3,(H,21,22). The minimum atomic E-state index is -1.47. The number of nitrogens with zero attached hydrogens (tertiary/aromatic N) is 2. The molecule has 0 aromatic heterocycles. The van der Waals surface area contributed by atoms with E-state index in [9.17, 15) is 14.4 Å². The predicted octanol–water partition coefficient (Wildman–Crippen LogP) is 0.219. The van der Waals surface area contributed by atoms with Gasteiger partial charge in [-0.2, -0.15) is 0 Å². The Hall–Kier alpha value is -2.77. The second-order valence-corrected chi connectivity index (χ2v) is 5.26. The van der Waals surface area contributed by atoms with E-state index in [1.807, 2.05) is 0 Å². The highest BCUT2D eigenvalue weighted by Crippen LogP contribution is 2.19. The fraction of sp³-hybridized carbons (Fsp3) is 0.438. The molecule has 1 N–H and O–H groups in total. The predicted molar refractivity (Wildman–Crippen MR) is 83.9 cm³/mol. The van der Waals surface area contributed by atoms with Crippen molar-refractivity contribution in [3.05, 3.63) is 24.3 Å². The van der Waals surface area contributed by atoms with Gasteiger partial charge in [0.15, 0.2) is 0 Å². The van der Waals surface area contributed by atoms with Crippen molar-refractivity contribution in [3.8, 4) is 11.5 Å². The average molecular weight is 336 g/mol. The fourth-order valence-electron chi connectivity index (χ4n) is 2.40. The number of methoxy groups -OCH3 is 1. The van der Waals surface area contributed by atoms with Crippen molar-refractivity contribution in [3.63, 3.8) is 0 Å². The smallest absolute Gasteiger partial charge is 0.394 e. The van der Waals surface area contributed by atoms with Gasteiger partial charge in [-0.05, 0) is 12.1 Å². The van der Waals surface area contributed by atoms with Crippen molar-refractivity contribution in [2.24, 2.45) is 0 Å². The third kappa shape index (κ3) is 4.61. The molecule has 24 heavy (non-hydrogen) atoms. The SMILES string of the molecule is COc1cccc(OCCC(=O)N2CCN(C(=O)C(=O)O)CC2)c1. The zero-order valence-electron chi connectivity index (χ0n) is 13.4. The maximum Gasteiger partial charge on any atom is 0.394 e. The van der Waals surface area contributed by atoms with E-state index in [1.54, 1.807) is 36.3 Å². The average Bonchev–Trinajstić information content (AvgIpc) is 2.61. The highest BCUT2D eigenvalue weighted by Gasteiger charge is 2.27. The molecule has 1 aromatic carbocycles. The van der Waals surface area contributed by atoms with Crippen LogP contribution < -0.4 is 9.47 Å². The lowest BCUT2D eigenvalue weighted by molar-refractivity contribution is -0.157. The summed E-state index contributed by atoms with van der Waals surface area (Å²) in [6.07, 6.45) is 0.212. The zero-order valence-corrected chi connectivity index (χ0v) is 13.4. The number of carboxylic acid groups (broad SMARTS) is 1. The molecule has 1 saturated heterocycles. The summed E-state index contributed by atoms with van der Waals surface area (Å²) in [6.45, 7) is 1.36. The van der Waals surface area contributed by atoms with Gasteiger partial charge in [-0.15, -0.1) is 0 Å². The van der Waals surface area contributed by atoms with Gasteiger partial charge >= 0.3 is 11.9 Å². The summed E-state index contributed by atoms with van der Waals surface area (Å²) in [5, 5.41) is 8.67. The Kier molecular flexibility index (Phi) is 6.00. The minimum Gasteiger partial charge on any atom is -0.497 e. The van der Waals surface area contributed by atoms with E-state index in [-0.39, 0.29) is 32.0 Å². The maximum absolute atomic E-state index is 12.1. The van der Waals surface area contributed by atoms with Gasteiger partial charge in [0, 0.05) is 32.2 Å². The van der Waals surface area contributed by atoms with Crippen LogP contribution in [0.25, 0.3) is 0 Å². The van der Waals surface area contributed by atoms with Crippen molar-refractivity contribution >= 4 is 17.8 Å². The van der Waals surface area contributed by atoms with E-state index in [0.29, 0.717) is 24.6 Å². The van der Waals surface area contributed by atoms with Crippen molar-refractivity contribution in [1.29, 1.82) is 0 Å². The Morgan fingerprint density at radius 3 is 2.33 bits per heavy atom. The monoisotopic (exact) mass is 336 g/mol. The molecule has 1 aliphatic heterocycles. The van der Waals surface area contributed by atoms with Crippen LogP contribution in [-0.4, -0.2) is 72.6 Å². The second-order valence-electron chi connectivity index (χ2n) is 5.26. The molecule has 8 heteroatoms.